The Morgan fingerprint density at radius 1 is 1.04 bits per heavy atom. The van der Waals surface area contributed by atoms with Crippen molar-refractivity contribution in [3.63, 3.8) is 0 Å². The van der Waals surface area contributed by atoms with E-state index in [1.54, 1.807) is 19.9 Å². The van der Waals surface area contributed by atoms with Crippen LogP contribution in [0.1, 0.15) is 21.6 Å². The predicted octanol–water partition coefficient (Wildman–Crippen LogP) is -2.33. The molecule has 2 rings (SSSR count). The van der Waals surface area contributed by atoms with E-state index in [0.29, 0.717) is 11.3 Å². The molecule has 0 aliphatic carbocycles. The molecule has 0 bridgehead atoms. The Balaban J connectivity index is 0.00000264. The summed E-state index contributed by atoms with van der Waals surface area (Å²) >= 11 is 0. The average Bonchev–Trinajstić information content (AvgIpc) is 2.45. The fourth-order valence-electron chi connectivity index (χ4n) is 1.85. The molecule has 8 nitrogen and oxygen atoms in total. The molecule has 0 aliphatic rings. The summed E-state index contributed by atoms with van der Waals surface area (Å²) < 4.78 is 15.4. The van der Waals surface area contributed by atoms with Gasteiger partial charge in [0.15, 0.2) is 0 Å². The smallest absolute Gasteiger partial charge is 0.545 e. The minimum absolute atomic E-state index is 0. The van der Waals surface area contributed by atoms with Crippen LogP contribution in [0, 0.1) is 13.8 Å². The first kappa shape index (κ1) is 19.8. The van der Waals surface area contributed by atoms with Crippen molar-refractivity contribution in [2.75, 3.05) is 14.2 Å². The van der Waals surface area contributed by atoms with Crippen molar-refractivity contribution in [1.82, 2.24) is 15.0 Å². The summed E-state index contributed by atoms with van der Waals surface area (Å²) in [5, 5.41) is 11.3. The summed E-state index contributed by atoms with van der Waals surface area (Å²) in [5.74, 6) is -1.12. The molecule has 2 aromatic rings. The second-order valence-electron chi connectivity index (χ2n) is 4.39. The van der Waals surface area contributed by atoms with Gasteiger partial charge >= 0.3 is 57.4 Å². The van der Waals surface area contributed by atoms with Gasteiger partial charge in [0, 0.05) is 5.69 Å². The standard InChI is InChI=1S/C14H15N3O5.K/c1-7-5-8(2)15-12(11(7)13(18)19)22-14-16-9(20-3)6-10(17-14)21-4;/h5-6H,1-4H3,(H,18,19);/q;+1/p-1. The van der Waals surface area contributed by atoms with E-state index in [9.17, 15) is 9.90 Å². The molecule has 0 aliphatic heterocycles. The van der Waals surface area contributed by atoms with Crippen molar-refractivity contribution < 1.29 is 75.5 Å². The molecule has 0 atom stereocenters. The number of ether oxygens (including phenoxy) is 3. The van der Waals surface area contributed by atoms with Gasteiger partial charge in [-0.25, -0.2) is 4.98 Å². The maximum Gasteiger partial charge on any atom is 1.00 e. The monoisotopic (exact) mass is 343 g/mol. The fraction of sp³-hybridized carbons (Fsp3) is 0.286. The van der Waals surface area contributed by atoms with E-state index in [0.717, 1.165) is 0 Å². The van der Waals surface area contributed by atoms with Crippen molar-refractivity contribution in [2.24, 2.45) is 0 Å². The molecule has 2 aromatic heterocycles. The Hall–Kier alpha value is -1.26. The predicted molar refractivity (Wildman–Crippen MR) is 73.3 cm³/mol. The fourth-order valence-corrected chi connectivity index (χ4v) is 1.85. The third kappa shape index (κ3) is 4.85. The second kappa shape index (κ2) is 8.55. The first-order chi connectivity index (χ1) is 10.4. The molecule has 9 heteroatoms. The molecule has 0 saturated carbocycles. The van der Waals surface area contributed by atoms with Crippen molar-refractivity contribution >= 4 is 5.97 Å². The van der Waals surface area contributed by atoms with Crippen LogP contribution in [0.15, 0.2) is 12.1 Å². The van der Waals surface area contributed by atoms with Gasteiger partial charge in [0.2, 0.25) is 17.6 Å². The Labute approximate surface area is 175 Å². The van der Waals surface area contributed by atoms with Crippen molar-refractivity contribution in [1.29, 1.82) is 0 Å². The largest absolute Gasteiger partial charge is 1.00 e. The van der Waals surface area contributed by atoms with E-state index in [4.69, 9.17) is 14.2 Å². The number of rotatable bonds is 5. The molecule has 2 heterocycles. The van der Waals surface area contributed by atoms with Gasteiger partial charge in [0.25, 0.3) is 0 Å². The molecule has 0 aromatic carbocycles. The SMILES string of the molecule is COc1cc(OC)nc(Oc2nc(C)cc(C)c2C(=O)[O-])n1.[K+]. The van der Waals surface area contributed by atoms with Crippen molar-refractivity contribution in [2.45, 2.75) is 13.8 Å². The van der Waals surface area contributed by atoms with Crippen LogP contribution < -0.4 is 70.7 Å². The van der Waals surface area contributed by atoms with Gasteiger partial charge in [-0.2, -0.15) is 9.97 Å². The van der Waals surface area contributed by atoms with E-state index in [1.165, 1.54) is 20.3 Å². The van der Waals surface area contributed by atoms with Crippen LogP contribution in [0.25, 0.3) is 0 Å². The van der Waals surface area contributed by atoms with Gasteiger partial charge < -0.3 is 24.1 Å². The number of carbonyl (C=O) groups excluding carboxylic acids is 1. The Morgan fingerprint density at radius 3 is 2.09 bits per heavy atom. The molecular formula is C14H14KN3O5. The van der Waals surface area contributed by atoms with E-state index >= 15 is 0 Å². The quantitative estimate of drug-likeness (QED) is 0.556. The van der Waals surface area contributed by atoms with Gasteiger partial charge in [-0.15, -0.1) is 0 Å². The summed E-state index contributed by atoms with van der Waals surface area (Å²) in [7, 11) is 2.85. The maximum atomic E-state index is 11.3. The zero-order valence-corrected chi connectivity index (χ0v) is 16.7. The second-order valence-corrected chi connectivity index (χ2v) is 4.39. The Bertz CT molecular complexity index is 702. The molecule has 0 N–H and O–H groups in total. The number of aromatic nitrogens is 3. The number of aromatic carboxylic acids is 1. The first-order valence-electron chi connectivity index (χ1n) is 6.29. The first-order valence-corrected chi connectivity index (χ1v) is 6.29. The van der Waals surface area contributed by atoms with Crippen LogP contribution in [-0.2, 0) is 0 Å². The third-order valence-electron chi connectivity index (χ3n) is 2.78. The third-order valence-corrected chi connectivity index (χ3v) is 2.78. The summed E-state index contributed by atoms with van der Waals surface area (Å²) in [6.45, 7) is 3.34. The minimum Gasteiger partial charge on any atom is -0.545 e. The zero-order valence-electron chi connectivity index (χ0n) is 13.5. The van der Waals surface area contributed by atoms with Gasteiger partial charge in [0.05, 0.1) is 31.8 Å². The van der Waals surface area contributed by atoms with Crippen molar-refractivity contribution in [3.05, 3.63) is 29.0 Å². The number of carbonyl (C=O) groups is 1. The molecule has 23 heavy (non-hydrogen) atoms. The molecule has 0 amide bonds. The number of methoxy groups -OCH3 is 2. The van der Waals surface area contributed by atoms with E-state index in [1.807, 2.05) is 0 Å². The molecule has 0 spiro atoms. The number of hydrogen-bond donors (Lipinski definition) is 0. The number of aryl methyl sites for hydroxylation is 2. The van der Waals surface area contributed by atoms with E-state index < -0.39 is 5.97 Å². The average molecular weight is 343 g/mol. The molecule has 116 valence electrons. The van der Waals surface area contributed by atoms with Crippen molar-refractivity contribution in [3.8, 4) is 23.7 Å². The molecule has 0 saturated heterocycles. The van der Waals surface area contributed by atoms with Crippen LogP contribution in [0.5, 0.6) is 23.7 Å². The summed E-state index contributed by atoms with van der Waals surface area (Å²) in [6, 6.07) is 2.93. The number of nitrogens with zero attached hydrogens (tertiary/aromatic N) is 3. The number of carboxylic acids is 1. The number of pyridine rings is 1. The molecular weight excluding hydrogens is 329 g/mol. The van der Waals surface area contributed by atoms with Gasteiger partial charge in [0.1, 0.15) is 0 Å². The van der Waals surface area contributed by atoms with Crippen LogP contribution in [-0.4, -0.2) is 35.1 Å². The van der Waals surface area contributed by atoms with Crippen LogP contribution >= 0.6 is 0 Å². The van der Waals surface area contributed by atoms with Crippen LogP contribution in [0.2, 0.25) is 0 Å². The van der Waals surface area contributed by atoms with Crippen LogP contribution in [0.3, 0.4) is 0 Å². The number of carboxylic acid groups (broad SMARTS) is 1. The maximum absolute atomic E-state index is 11.3. The van der Waals surface area contributed by atoms with Gasteiger partial charge in [-0.05, 0) is 25.5 Å². The van der Waals surface area contributed by atoms with Gasteiger partial charge in [-0.3, -0.25) is 0 Å². The molecule has 0 fully saturated rings. The minimum atomic E-state index is -1.39. The summed E-state index contributed by atoms with van der Waals surface area (Å²) in [5.41, 5.74) is 0.903. The normalized spacial score (nSPS) is 9.74. The van der Waals surface area contributed by atoms with E-state index in [2.05, 4.69) is 15.0 Å². The molecule has 0 radical (unpaired) electrons. The molecule has 0 unspecified atom stereocenters. The summed E-state index contributed by atoms with van der Waals surface area (Å²) in [6.07, 6.45) is 0. The number of hydrogen-bond acceptors (Lipinski definition) is 8. The van der Waals surface area contributed by atoms with E-state index in [-0.39, 0.29) is 80.6 Å². The Kier molecular flexibility index (Phi) is 7.35. The van der Waals surface area contributed by atoms with Gasteiger partial charge in [-0.1, -0.05) is 0 Å². The summed E-state index contributed by atoms with van der Waals surface area (Å²) in [4.78, 5) is 23.3. The topological polar surface area (TPSA) is 106 Å². The zero-order chi connectivity index (χ0) is 16.3. The Morgan fingerprint density at radius 2 is 1.61 bits per heavy atom. The van der Waals surface area contributed by atoms with Crippen LogP contribution in [0.4, 0.5) is 0 Å².